The van der Waals surface area contributed by atoms with Crippen molar-refractivity contribution < 1.29 is 18.8 Å². The average Bonchev–Trinajstić information content (AvgIpc) is 3.31. The maximum Gasteiger partial charge on any atom is 0.251 e. The van der Waals surface area contributed by atoms with Crippen LogP contribution in [0.25, 0.3) is 0 Å². The second kappa shape index (κ2) is 11.2. The first kappa shape index (κ1) is 22.5. The van der Waals surface area contributed by atoms with Crippen molar-refractivity contribution in [1.29, 1.82) is 0 Å². The van der Waals surface area contributed by atoms with Crippen LogP contribution in [-0.2, 0) is 16.1 Å². The van der Waals surface area contributed by atoms with Crippen molar-refractivity contribution in [2.45, 2.75) is 45.1 Å². The normalized spacial score (nSPS) is 13.6. The van der Waals surface area contributed by atoms with E-state index in [2.05, 4.69) is 16.0 Å². The van der Waals surface area contributed by atoms with Crippen LogP contribution in [0, 0.1) is 11.7 Å². The molecule has 0 atom stereocenters. The standard InChI is InChI=1S/C24H28FN3O3/c25-20-12-10-19(11-13-20)23(30)26-14-4-9-22(29)27-16-17-5-3-8-21(15-17)28-24(31)18-6-1-2-7-18/h3,5,8,10-13,15,18H,1-2,4,6-7,9,14,16H2,(H,26,30)(H,27,29)(H,28,31). The fraction of sp³-hybridized carbons (Fsp3) is 0.375. The number of carbonyl (C=O) groups excluding carboxylic acids is 3. The second-order valence-electron chi connectivity index (χ2n) is 7.81. The Morgan fingerprint density at radius 1 is 0.968 bits per heavy atom. The lowest BCUT2D eigenvalue weighted by Gasteiger charge is -2.12. The molecule has 2 aromatic rings. The first-order valence-electron chi connectivity index (χ1n) is 10.7. The maximum absolute atomic E-state index is 12.9. The van der Waals surface area contributed by atoms with Gasteiger partial charge in [-0.1, -0.05) is 25.0 Å². The summed E-state index contributed by atoms with van der Waals surface area (Å²) < 4.78 is 12.9. The van der Waals surface area contributed by atoms with Crippen LogP contribution in [0.5, 0.6) is 0 Å². The number of hydrogen-bond acceptors (Lipinski definition) is 3. The van der Waals surface area contributed by atoms with E-state index in [1.54, 1.807) is 0 Å². The Morgan fingerprint density at radius 3 is 2.45 bits per heavy atom. The molecule has 1 saturated carbocycles. The number of nitrogens with one attached hydrogen (secondary N) is 3. The molecule has 3 amide bonds. The van der Waals surface area contributed by atoms with Gasteiger partial charge in [0.25, 0.3) is 5.91 Å². The Hall–Kier alpha value is -3.22. The summed E-state index contributed by atoms with van der Waals surface area (Å²) in [7, 11) is 0. The van der Waals surface area contributed by atoms with E-state index in [-0.39, 0.29) is 30.1 Å². The number of carbonyl (C=O) groups is 3. The Bertz CT molecular complexity index is 909. The maximum atomic E-state index is 12.9. The summed E-state index contributed by atoms with van der Waals surface area (Å²) in [4.78, 5) is 36.3. The predicted octanol–water partition coefficient (Wildman–Crippen LogP) is 3.78. The first-order chi connectivity index (χ1) is 15.0. The van der Waals surface area contributed by atoms with Crippen molar-refractivity contribution in [2.24, 2.45) is 5.92 Å². The van der Waals surface area contributed by atoms with Gasteiger partial charge in [0, 0.05) is 36.7 Å². The summed E-state index contributed by atoms with van der Waals surface area (Å²) >= 11 is 0. The highest BCUT2D eigenvalue weighted by Crippen LogP contribution is 2.26. The second-order valence-corrected chi connectivity index (χ2v) is 7.81. The van der Waals surface area contributed by atoms with Crippen LogP contribution in [0.2, 0.25) is 0 Å². The molecular formula is C24H28FN3O3. The molecule has 0 spiro atoms. The summed E-state index contributed by atoms with van der Waals surface area (Å²) in [6.07, 6.45) is 4.90. The molecule has 3 rings (SSSR count). The zero-order valence-corrected chi connectivity index (χ0v) is 17.5. The number of rotatable bonds is 9. The fourth-order valence-electron chi connectivity index (χ4n) is 3.63. The Labute approximate surface area is 181 Å². The molecule has 0 aliphatic heterocycles. The molecular weight excluding hydrogens is 397 g/mol. The number of anilines is 1. The van der Waals surface area contributed by atoms with Gasteiger partial charge in [-0.3, -0.25) is 14.4 Å². The van der Waals surface area contributed by atoms with Gasteiger partial charge in [-0.15, -0.1) is 0 Å². The van der Waals surface area contributed by atoms with Gasteiger partial charge in [0.05, 0.1) is 0 Å². The lowest BCUT2D eigenvalue weighted by atomic mass is 10.1. The Morgan fingerprint density at radius 2 is 1.71 bits per heavy atom. The van der Waals surface area contributed by atoms with Crippen molar-refractivity contribution in [1.82, 2.24) is 10.6 Å². The van der Waals surface area contributed by atoms with Crippen LogP contribution < -0.4 is 16.0 Å². The van der Waals surface area contributed by atoms with E-state index in [0.717, 1.165) is 36.9 Å². The van der Waals surface area contributed by atoms with E-state index in [4.69, 9.17) is 0 Å². The molecule has 1 aliphatic carbocycles. The van der Waals surface area contributed by atoms with Crippen molar-refractivity contribution in [3.8, 4) is 0 Å². The van der Waals surface area contributed by atoms with Gasteiger partial charge in [-0.05, 0) is 61.2 Å². The molecule has 0 aromatic heterocycles. The van der Waals surface area contributed by atoms with Gasteiger partial charge >= 0.3 is 0 Å². The molecule has 1 aliphatic rings. The average molecular weight is 426 g/mol. The number of hydrogen-bond donors (Lipinski definition) is 3. The van der Waals surface area contributed by atoms with E-state index in [0.29, 0.717) is 25.1 Å². The van der Waals surface area contributed by atoms with Crippen LogP contribution in [0.1, 0.15) is 54.4 Å². The SMILES string of the molecule is O=C(CCCNC(=O)c1ccc(F)cc1)NCc1cccc(NC(=O)C2CCCC2)c1. The largest absolute Gasteiger partial charge is 0.352 e. The Balaban J connectivity index is 1.35. The van der Waals surface area contributed by atoms with Gasteiger partial charge in [-0.25, -0.2) is 4.39 Å². The van der Waals surface area contributed by atoms with Crippen LogP contribution in [0.15, 0.2) is 48.5 Å². The molecule has 0 heterocycles. The molecule has 0 radical (unpaired) electrons. The zero-order chi connectivity index (χ0) is 22.1. The molecule has 3 N–H and O–H groups in total. The van der Waals surface area contributed by atoms with Gasteiger partial charge in [0.1, 0.15) is 5.82 Å². The third-order valence-corrected chi connectivity index (χ3v) is 5.38. The van der Waals surface area contributed by atoms with Gasteiger partial charge in [0.15, 0.2) is 0 Å². The van der Waals surface area contributed by atoms with Gasteiger partial charge in [0.2, 0.25) is 11.8 Å². The van der Waals surface area contributed by atoms with Crippen molar-refractivity contribution in [2.75, 3.05) is 11.9 Å². The van der Waals surface area contributed by atoms with Crippen LogP contribution >= 0.6 is 0 Å². The molecule has 1 fully saturated rings. The number of amides is 3. The van der Waals surface area contributed by atoms with Crippen molar-refractivity contribution >= 4 is 23.4 Å². The predicted molar refractivity (Wildman–Crippen MR) is 117 cm³/mol. The molecule has 31 heavy (non-hydrogen) atoms. The highest BCUT2D eigenvalue weighted by Gasteiger charge is 2.22. The summed E-state index contributed by atoms with van der Waals surface area (Å²) in [5.74, 6) is -0.628. The lowest BCUT2D eigenvalue weighted by Crippen LogP contribution is -2.27. The van der Waals surface area contributed by atoms with Crippen molar-refractivity contribution in [3.05, 3.63) is 65.5 Å². The summed E-state index contributed by atoms with van der Waals surface area (Å²) in [5, 5.41) is 8.54. The molecule has 164 valence electrons. The minimum Gasteiger partial charge on any atom is -0.352 e. The van der Waals surface area contributed by atoms with E-state index in [1.165, 1.54) is 24.3 Å². The van der Waals surface area contributed by atoms with Crippen LogP contribution in [0.3, 0.4) is 0 Å². The number of benzene rings is 2. The smallest absolute Gasteiger partial charge is 0.251 e. The van der Waals surface area contributed by atoms with Crippen molar-refractivity contribution in [3.63, 3.8) is 0 Å². The van der Waals surface area contributed by atoms with E-state index in [9.17, 15) is 18.8 Å². The topological polar surface area (TPSA) is 87.3 Å². The molecule has 2 aromatic carbocycles. The fourth-order valence-corrected chi connectivity index (χ4v) is 3.63. The summed E-state index contributed by atoms with van der Waals surface area (Å²) in [6, 6.07) is 12.8. The highest BCUT2D eigenvalue weighted by molar-refractivity contribution is 5.94. The molecule has 0 unspecified atom stereocenters. The minimum absolute atomic E-state index is 0.0707. The molecule has 7 heteroatoms. The minimum atomic E-state index is -0.394. The summed E-state index contributed by atoms with van der Waals surface area (Å²) in [6.45, 7) is 0.722. The van der Waals surface area contributed by atoms with Crippen LogP contribution in [-0.4, -0.2) is 24.3 Å². The van der Waals surface area contributed by atoms with Gasteiger partial charge in [-0.2, -0.15) is 0 Å². The summed E-state index contributed by atoms with van der Waals surface area (Å²) in [5.41, 5.74) is 2.03. The van der Waals surface area contributed by atoms with Crippen LogP contribution in [0.4, 0.5) is 10.1 Å². The number of halogens is 1. The quantitative estimate of drug-likeness (QED) is 0.535. The third-order valence-electron chi connectivity index (χ3n) is 5.38. The van der Waals surface area contributed by atoms with E-state index in [1.807, 2.05) is 24.3 Å². The molecule has 0 saturated heterocycles. The van der Waals surface area contributed by atoms with Gasteiger partial charge < -0.3 is 16.0 Å². The molecule has 6 nitrogen and oxygen atoms in total. The molecule has 0 bridgehead atoms. The third kappa shape index (κ3) is 7.20. The Kier molecular flexibility index (Phi) is 8.15. The van der Waals surface area contributed by atoms with E-state index < -0.39 is 5.82 Å². The zero-order valence-electron chi connectivity index (χ0n) is 17.5. The first-order valence-corrected chi connectivity index (χ1v) is 10.7. The lowest BCUT2D eigenvalue weighted by molar-refractivity contribution is -0.121. The highest BCUT2D eigenvalue weighted by atomic mass is 19.1. The van der Waals surface area contributed by atoms with E-state index >= 15 is 0 Å². The monoisotopic (exact) mass is 425 g/mol.